The number of carbonyl (C=O) groups is 1. The highest BCUT2D eigenvalue weighted by molar-refractivity contribution is 5.87. The predicted molar refractivity (Wildman–Crippen MR) is 69.4 cm³/mol. The minimum Gasteiger partial charge on any atom is -0.455 e. The first-order chi connectivity index (χ1) is 8.54. The van der Waals surface area contributed by atoms with Crippen LogP contribution in [-0.2, 0) is 11.2 Å². The van der Waals surface area contributed by atoms with Gasteiger partial charge in [-0.05, 0) is 38.3 Å². The molecule has 0 spiro atoms. The van der Waals surface area contributed by atoms with Crippen molar-refractivity contribution < 1.29 is 14.6 Å². The van der Waals surface area contributed by atoms with Crippen LogP contribution in [0.15, 0.2) is 18.3 Å². The van der Waals surface area contributed by atoms with Crippen molar-refractivity contribution >= 4 is 5.97 Å². The van der Waals surface area contributed by atoms with Crippen molar-refractivity contribution in [3.8, 4) is 0 Å². The Bertz CT molecular complexity index is 373. The van der Waals surface area contributed by atoms with Gasteiger partial charge in [-0.1, -0.05) is 19.4 Å². The summed E-state index contributed by atoms with van der Waals surface area (Å²) in [5.41, 5.74) is 1.40. The van der Waals surface area contributed by atoms with Gasteiger partial charge in [0.05, 0.1) is 6.10 Å². The Morgan fingerprint density at radius 2 is 2.17 bits per heavy atom. The number of aromatic nitrogens is 1. The van der Waals surface area contributed by atoms with Crippen molar-refractivity contribution in [3.05, 3.63) is 29.6 Å². The maximum absolute atomic E-state index is 11.7. The lowest BCUT2D eigenvalue weighted by Crippen LogP contribution is -2.26. The van der Waals surface area contributed by atoms with Crippen LogP contribution in [0.5, 0.6) is 0 Å². The Hall–Kier alpha value is -1.42. The van der Waals surface area contributed by atoms with Crippen LogP contribution in [-0.4, -0.2) is 28.3 Å². The van der Waals surface area contributed by atoms with Gasteiger partial charge in [-0.3, -0.25) is 0 Å². The number of aliphatic hydroxyl groups is 1. The molecule has 0 unspecified atom stereocenters. The van der Waals surface area contributed by atoms with E-state index in [2.05, 4.69) is 11.9 Å². The minimum atomic E-state index is -0.683. The van der Waals surface area contributed by atoms with E-state index in [1.54, 1.807) is 26.1 Å². The van der Waals surface area contributed by atoms with Crippen molar-refractivity contribution in [1.29, 1.82) is 0 Å². The van der Waals surface area contributed by atoms with Crippen LogP contribution >= 0.6 is 0 Å². The van der Waals surface area contributed by atoms with E-state index in [4.69, 9.17) is 4.74 Å². The zero-order valence-electron chi connectivity index (χ0n) is 11.2. The van der Waals surface area contributed by atoms with E-state index < -0.39 is 18.2 Å². The highest BCUT2D eigenvalue weighted by Gasteiger charge is 2.16. The van der Waals surface area contributed by atoms with Crippen molar-refractivity contribution in [2.24, 2.45) is 0 Å². The zero-order valence-corrected chi connectivity index (χ0v) is 11.2. The second-order valence-corrected chi connectivity index (χ2v) is 4.51. The summed E-state index contributed by atoms with van der Waals surface area (Å²) in [4.78, 5) is 15.8. The molecule has 0 bridgehead atoms. The SMILES string of the molecule is CCCCc1ccc(C(=O)O[C@H](C)[C@@H](C)O)nc1. The highest BCUT2D eigenvalue weighted by atomic mass is 16.6. The molecule has 0 aliphatic rings. The van der Waals surface area contributed by atoms with Gasteiger partial charge in [0.15, 0.2) is 0 Å². The third-order valence-corrected chi connectivity index (χ3v) is 2.83. The average molecular weight is 251 g/mol. The standard InChI is InChI=1S/C14H21NO3/c1-4-5-6-12-7-8-13(15-9-12)14(17)18-11(3)10(2)16/h7-11,16H,4-6H2,1-3H3/t10-,11-/m1/s1. The second kappa shape index (κ2) is 7.11. The highest BCUT2D eigenvalue weighted by Crippen LogP contribution is 2.08. The lowest BCUT2D eigenvalue weighted by atomic mass is 10.1. The number of esters is 1. The fraction of sp³-hybridized carbons (Fsp3) is 0.571. The molecule has 0 fully saturated rings. The molecule has 0 aliphatic carbocycles. The van der Waals surface area contributed by atoms with E-state index in [1.807, 2.05) is 6.07 Å². The summed E-state index contributed by atoms with van der Waals surface area (Å²) >= 11 is 0. The van der Waals surface area contributed by atoms with E-state index in [-0.39, 0.29) is 5.69 Å². The van der Waals surface area contributed by atoms with Gasteiger partial charge in [0.1, 0.15) is 11.8 Å². The predicted octanol–water partition coefficient (Wildman–Crippen LogP) is 2.35. The summed E-state index contributed by atoms with van der Waals surface area (Å²) in [7, 11) is 0. The van der Waals surface area contributed by atoms with Crippen LogP contribution in [0.3, 0.4) is 0 Å². The molecular weight excluding hydrogens is 230 g/mol. The van der Waals surface area contributed by atoms with E-state index in [0.29, 0.717) is 0 Å². The molecule has 0 saturated carbocycles. The van der Waals surface area contributed by atoms with Gasteiger partial charge < -0.3 is 9.84 Å². The lowest BCUT2D eigenvalue weighted by molar-refractivity contribution is -0.00520. The number of ether oxygens (including phenoxy) is 1. The number of aliphatic hydroxyl groups excluding tert-OH is 1. The molecule has 1 aromatic rings. The molecule has 0 saturated heterocycles. The molecule has 2 atom stereocenters. The number of hydrogen-bond acceptors (Lipinski definition) is 4. The van der Waals surface area contributed by atoms with Crippen molar-refractivity contribution in [3.63, 3.8) is 0 Å². The van der Waals surface area contributed by atoms with Crippen LogP contribution in [0.2, 0.25) is 0 Å². The monoisotopic (exact) mass is 251 g/mol. The molecule has 1 N–H and O–H groups in total. The maximum Gasteiger partial charge on any atom is 0.357 e. The number of hydrogen-bond donors (Lipinski definition) is 1. The molecular formula is C14H21NO3. The summed E-state index contributed by atoms with van der Waals surface area (Å²) < 4.78 is 5.07. The fourth-order valence-corrected chi connectivity index (χ4v) is 1.40. The molecule has 0 radical (unpaired) electrons. The first-order valence-corrected chi connectivity index (χ1v) is 6.38. The lowest BCUT2D eigenvalue weighted by Gasteiger charge is -2.15. The van der Waals surface area contributed by atoms with Gasteiger partial charge in [-0.15, -0.1) is 0 Å². The molecule has 18 heavy (non-hydrogen) atoms. The van der Waals surface area contributed by atoms with Gasteiger partial charge in [0, 0.05) is 6.20 Å². The first-order valence-electron chi connectivity index (χ1n) is 6.38. The Balaban J connectivity index is 2.59. The average Bonchev–Trinajstić information content (AvgIpc) is 2.36. The molecule has 0 aromatic carbocycles. The quantitative estimate of drug-likeness (QED) is 0.788. The summed E-state index contributed by atoms with van der Waals surface area (Å²) in [6.45, 7) is 5.37. The van der Waals surface area contributed by atoms with E-state index in [1.165, 1.54) is 0 Å². The molecule has 0 aliphatic heterocycles. The van der Waals surface area contributed by atoms with Crippen molar-refractivity contribution in [1.82, 2.24) is 4.98 Å². The number of carbonyl (C=O) groups excluding carboxylic acids is 1. The minimum absolute atomic E-state index is 0.280. The molecule has 100 valence electrons. The van der Waals surface area contributed by atoms with Crippen LogP contribution in [0.4, 0.5) is 0 Å². The van der Waals surface area contributed by atoms with Crippen LogP contribution in [0.1, 0.15) is 49.7 Å². The Morgan fingerprint density at radius 3 is 2.67 bits per heavy atom. The number of nitrogens with zero attached hydrogens (tertiary/aromatic N) is 1. The summed E-state index contributed by atoms with van der Waals surface area (Å²) in [6.07, 6.45) is 3.72. The van der Waals surface area contributed by atoms with Gasteiger partial charge in [0.25, 0.3) is 0 Å². The number of unbranched alkanes of at least 4 members (excludes halogenated alkanes) is 1. The van der Waals surface area contributed by atoms with E-state index in [9.17, 15) is 9.90 Å². The summed E-state index contributed by atoms with van der Waals surface area (Å²) in [5.74, 6) is -0.495. The van der Waals surface area contributed by atoms with Gasteiger partial charge in [-0.25, -0.2) is 9.78 Å². The number of aryl methyl sites for hydroxylation is 1. The van der Waals surface area contributed by atoms with Crippen molar-refractivity contribution in [2.45, 2.75) is 52.2 Å². The maximum atomic E-state index is 11.7. The summed E-state index contributed by atoms with van der Waals surface area (Å²) in [5, 5.41) is 9.26. The van der Waals surface area contributed by atoms with Gasteiger partial charge >= 0.3 is 5.97 Å². The normalized spacial score (nSPS) is 14.0. The zero-order chi connectivity index (χ0) is 13.5. The Labute approximate surface area is 108 Å². The molecule has 4 heteroatoms. The van der Waals surface area contributed by atoms with Crippen LogP contribution in [0, 0.1) is 0 Å². The molecule has 0 amide bonds. The van der Waals surface area contributed by atoms with Gasteiger partial charge in [-0.2, -0.15) is 0 Å². The fourth-order valence-electron chi connectivity index (χ4n) is 1.40. The third-order valence-electron chi connectivity index (χ3n) is 2.83. The third kappa shape index (κ3) is 4.45. The Kier molecular flexibility index (Phi) is 5.78. The smallest absolute Gasteiger partial charge is 0.357 e. The van der Waals surface area contributed by atoms with E-state index in [0.717, 1.165) is 24.8 Å². The van der Waals surface area contributed by atoms with Crippen LogP contribution in [0.25, 0.3) is 0 Å². The largest absolute Gasteiger partial charge is 0.455 e. The molecule has 1 aromatic heterocycles. The Morgan fingerprint density at radius 1 is 1.44 bits per heavy atom. The molecule has 4 nitrogen and oxygen atoms in total. The number of rotatable bonds is 6. The number of pyridine rings is 1. The molecule has 1 heterocycles. The van der Waals surface area contributed by atoms with Gasteiger partial charge in [0.2, 0.25) is 0 Å². The summed E-state index contributed by atoms with van der Waals surface area (Å²) in [6, 6.07) is 3.56. The van der Waals surface area contributed by atoms with Crippen LogP contribution < -0.4 is 0 Å². The topological polar surface area (TPSA) is 59.4 Å². The van der Waals surface area contributed by atoms with Crippen molar-refractivity contribution in [2.75, 3.05) is 0 Å². The van der Waals surface area contributed by atoms with E-state index >= 15 is 0 Å². The first kappa shape index (κ1) is 14.6. The second-order valence-electron chi connectivity index (χ2n) is 4.51. The molecule has 1 rings (SSSR count).